The molecule has 2 aromatic carbocycles. The van der Waals surface area contributed by atoms with Gasteiger partial charge in [0.15, 0.2) is 0 Å². The number of aliphatic hydroxyl groups is 1. The zero-order chi connectivity index (χ0) is 21.6. The summed E-state index contributed by atoms with van der Waals surface area (Å²) < 4.78 is 18.9. The Labute approximate surface area is 177 Å². The first-order valence-corrected chi connectivity index (χ1v) is 10.5. The van der Waals surface area contributed by atoms with Crippen molar-refractivity contribution >= 4 is 5.91 Å². The van der Waals surface area contributed by atoms with Crippen LogP contribution in [-0.2, 0) is 11.3 Å². The van der Waals surface area contributed by atoms with E-state index in [1.165, 1.54) is 17.7 Å². The highest BCUT2D eigenvalue weighted by molar-refractivity contribution is 5.78. The SMILES string of the molecule is Cc1ccc(OCC2(O)CCCN(CC(=O)NCc3ccc(F)cc3)CC2)c(C)c1. The second kappa shape index (κ2) is 10.0. The van der Waals surface area contributed by atoms with Crippen LogP contribution >= 0.6 is 0 Å². The van der Waals surface area contributed by atoms with Crippen molar-refractivity contribution in [3.63, 3.8) is 0 Å². The van der Waals surface area contributed by atoms with Crippen molar-refractivity contribution in [1.82, 2.24) is 10.2 Å². The van der Waals surface area contributed by atoms with Gasteiger partial charge in [-0.25, -0.2) is 4.39 Å². The van der Waals surface area contributed by atoms with Gasteiger partial charge in [-0.05, 0) is 69.0 Å². The van der Waals surface area contributed by atoms with E-state index in [0.29, 0.717) is 25.9 Å². The molecule has 1 aliphatic heterocycles. The molecule has 0 spiro atoms. The normalized spacial score (nSPS) is 19.9. The van der Waals surface area contributed by atoms with Crippen molar-refractivity contribution < 1.29 is 19.0 Å². The lowest BCUT2D eigenvalue weighted by Gasteiger charge is -2.27. The molecular weight excluding hydrogens is 383 g/mol. The van der Waals surface area contributed by atoms with E-state index in [1.807, 2.05) is 26.0 Å². The highest BCUT2D eigenvalue weighted by Crippen LogP contribution is 2.26. The Morgan fingerprint density at radius 3 is 2.67 bits per heavy atom. The first-order chi connectivity index (χ1) is 14.3. The van der Waals surface area contributed by atoms with E-state index in [-0.39, 0.29) is 24.9 Å². The molecule has 0 radical (unpaired) electrons. The summed E-state index contributed by atoms with van der Waals surface area (Å²) in [4.78, 5) is 14.4. The van der Waals surface area contributed by atoms with Crippen LogP contribution < -0.4 is 10.1 Å². The van der Waals surface area contributed by atoms with E-state index < -0.39 is 5.60 Å². The highest BCUT2D eigenvalue weighted by atomic mass is 19.1. The molecule has 0 saturated carbocycles. The molecule has 0 aliphatic carbocycles. The molecule has 1 atom stereocenters. The quantitative estimate of drug-likeness (QED) is 0.729. The fourth-order valence-electron chi connectivity index (χ4n) is 3.77. The number of aryl methyl sites for hydroxylation is 2. The van der Waals surface area contributed by atoms with Gasteiger partial charge >= 0.3 is 0 Å². The first kappa shape index (κ1) is 22.2. The van der Waals surface area contributed by atoms with Crippen LogP contribution in [0.1, 0.15) is 36.0 Å². The average molecular weight is 415 g/mol. The van der Waals surface area contributed by atoms with Crippen molar-refractivity contribution in [2.24, 2.45) is 0 Å². The Bertz CT molecular complexity index is 856. The monoisotopic (exact) mass is 414 g/mol. The van der Waals surface area contributed by atoms with Gasteiger partial charge in [-0.1, -0.05) is 29.8 Å². The molecule has 2 N–H and O–H groups in total. The molecule has 2 aromatic rings. The number of rotatable bonds is 7. The van der Waals surface area contributed by atoms with Crippen molar-refractivity contribution in [3.05, 3.63) is 65.0 Å². The van der Waals surface area contributed by atoms with E-state index in [2.05, 4.69) is 16.3 Å². The summed E-state index contributed by atoms with van der Waals surface area (Å²) in [6.45, 7) is 6.36. The van der Waals surface area contributed by atoms with E-state index in [0.717, 1.165) is 29.8 Å². The molecule has 1 aliphatic rings. The molecule has 5 nitrogen and oxygen atoms in total. The lowest BCUT2D eigenvalue weighted by atomic mass is 9.96. The summed E-state index contributed by atoms with van der Waals surface area (Å²) in [6, 6.07) is 12.1. The number of carbonyl (C=O) groups is 1. The predicted octanol–water partition coefficient (Wildman–Crippen LogP) is 3.35. The minimum Gasteiger partial charge on any atom is -0.490 e. The minimum absolute atomic E-state index is 0.0729. The Morgan fingerprint density at radius 1 is 1.17 bits per heavy atom. The maximum Gasteiger partial charge on any atom is 0.234 e. The highest BCUT2D eigenvalue weighted by Gasteiger charge is 2.31. The number of hydrogen-bond donors (Lipinski definition) is 2. The smallest absolute Gasteiger partial charge is 0.234 e. The zero-order valence-corrected chi connectivity index (χ0v) is 17.8. The lowest BCUT2D eigenvalue weighted by molar-refractivity contribution is -0.122. The largest absolute Gasteiger partial charge is 0.490 e. The molecule has 0 aromatic heterocycles. The van der Waals surface area contributed by atoms with Gasteiger partial charge in [0.05, 0.1) is 12.1 Å². The predicted molar refractivity (Wildman–Crippen MR) is 115 cm³/mol. The standard InChI is InChI=1S/C24H31FN2O3/c1-18-4-9-22(19(2)14-18)30-17-24(29)10-3-12-27(13-11-24)16-23(28)26-15-20-5-7-21(25)8-6-20/h4-9,14,29H,3,10-13,15-17H2,1-2H3,(H,26,28). The summed E-state index contributed by atoms with van der Waals surface area (Å²) in [5.74, 6) is 0.440. The Kier molecular flexibility index (Phi) is 7.45. The van der Waals surface area contributed by atoms with E-state index in [4.69, 9.17) is 4.74 Å². The van der Waals surface area contributed by atoms with Crippen LogP contribution in [0.3, 0.4) is 0 Å². The number of nitrogens with zero attached hydrogens (tertiary/aromatic N) is 1. The number of hydrogen-bond acceptors (Lipinski definition) is 4. The second-order valence-electron chi connectivity index (χ2n) is 8.31. The van der Waals surface area contributed by atoms with Crippen molar-refractivity contribution in [2.75, 3.05) is 26.2 Å². The molecule has 1 saturated heterocycles. The van der Waals surface area contributed by atoms with Crippen LogP contribution in [0, 0.1) is 19.7 Å². The maximum atomic E-state index is 13.0. The van der Waals surface area contributed by atoms with Gasteiger partial charge in [-0.3, -0.25) is 9.69 Å². The van der Waals surface area contributed by atoms with Gasteiger partial charge in [0.25, 0.3) is 0 Å². The van der Waals surface area contributed by atoms with Crippen molar-refractivity contribution in [2.45, 2.75) is 45.3 Å². The molecule has 3 rings (SSSR count). The minimum atomic E-state index is -0.892. The molecule has 1 fully saturated rings. The van der Waals surface area contributed by atoms with Crippen LogP contribution in [-0.4, -0.2) is 47.8 Å². The summed E-state index contributed by atoms with van der Waals surface area (Å²) in [5.41, 5.74) is 2.21. The maximum absolute atomic E-state index is 13.0. The van der Waals surface area contributed by atoms with Gasteiger partial charge in [-0.15, -0.1) is 0 Å². The summed E-state index contributed by atoms with van der Waals surface area (Å²) >= 11 is 0. The Balaban J connectivity index is 1.45. The second-order valence-corrected chi connectivity index (χ2v) is 8.31. The lowest BCUT2D eigenvalue weighted by Crippen LogP contribution is -2.40. The third-order valence-electron chi connectivity index (χ3n) is 5.61. The number of ether oxygens (including phenoxy) is 1. The fraction of sp³-hybridized carbons (Fsp3) is 0.458. The molecule has 1 heterocycles. The number of benzene rings is 2. The fourth-order valence-corrected chi connectivity index (χ4v) is 3.77. The molecule has 0 bridgehead atoms. The number of carbonyl (C=O) groups excluding carboxylic acids is 1. The van der Waals surface area contributed by atoms with Gasteiger partial charge in [0.2, 0.25) is 5.91 Å². The summed E-state index contributed by atoms with van der Waals surface area (Å²) in [7, 11) is 0. The first-order valence-electron chi connectivity index (χ1n) is 10.5. The van der Waals surface area contributed by atoms with Crippen LogP contribution in [0.5, 0.6) is 5.75 Å². The van der Waals surface area contributed by atoms with Crippen molar-refractivity contribution in [1.29, 1.82) is 0 Å². The van der Waals surface area contributed by atoms with Crippen LogP contribution in [0.25, 0.3) is 0 Å². The van der Waals surface area contributed by atoms with Gasteiger partial charge in [0, 0.05) is 13.1 Å². The third kappa shape index (κ3) is 6.54. The van der Waals surface area contributed by atoms with Gasteiger partial charge in [-0.2, -0.15) is 0 Å². The molecular formula is C24H31FN2O3. The average Bonchev–Trinajstić information content (AvgIpc) is 2.89. The van der Waals surface area contributed by atoms with Gasteiger partial charge in [0.1, 0.15) is 18.2 Å². The van der Waals surface area contributed by atoms with Crippen LogP contribution in [0.15, 0.2) is 42.5 Å². The van der Waals surface area contributed by atoms with Gasteiger partial charge < -0.3 is 15.2 Å². The Morgan fingerprint density at radius 2 is 1.93 bits per heavy atom. The molecule has 1 unspecified atom stereocenters. The summed E-state index contributed by atoms with van der Waals surface area (Å²) in [5, 5.41) is 13.9. The molecule has 30 heavy (non-hydrogen) atoms. The number of likely N-dealkylation sites (tertiary alicyclic amines) is 1. The topological polar surface area (TPSA) is 61.8 Å². The molecule has 6 heteroatoms. The van der Waals surface area contributed by atoms with Crippen LogP contribution in [0.4, 0.5) is 4.39 Å². The number of amides is 1. The Hall–Kier alpha value is -2.44. The summed E-state index contributed by atoms with van der Waals surface area (Å²) in [6.07, 6.45) is 2.01. The van der Waals surface area contributed by atoms with Crippen LogP contribution in [0.2, 0.25) is 0 Å². The third-order valence-corrected chi connectivity index (χ3v) is 5.61. The number of halogens is 1. The van der Waals surface area contributed by atoms with E-state index in [9.17, 15) is 14.3 Å². The molecule has 162 valence electrons. The van der Waals surface area contributed by atoms with E-state index in [1.54, 1.807) is 12.1 Å². The zero-order valence-electron chi connectivity index (χ0n) is 17.8. The van der Waals surface area contributed by atoms with Crippen molar-refractivity contribution in [3.8, 4) is 5.75 Å². The molecule has 1 amide bonds. The number of nitrogens with one attached hydrogen (secondary N) is 1. The van der Waals surface area contributed by atoms with E-state index >= 15 is 0 Å².